The van der Waals surface area contributed by atoms with Gasteiger partial charge in [0, 0.05) is 30.6 Å². The van der Waals surface area contributed by atoms with Crippen LogP contribution in [0.1, 0.15) is 11.3 Å². The van der Waals surface area contributed by atoms with Crippen LogP contribution >= 0.6 is 0 Å². The van der Waals surface area contributed by atoms with Gasteiger partial charge in [-0.3, -0.25) is 0 Å². The molecule has 3 aromatic rings. The van der Waals surface area contributed by atoms with Crippen molar-refractivity contribution < 1.29 is 4.39 Å². The van der Waals surface area contributed by atoms with Crippen LogP contribution in [0.4, 0.5) is 10.2 Å². The van der Waals surface area contributed by atoms with Crippen LogP contribution in [-0.4, -0.2) is 19.6 Å². The summed E-state index contributed by atoms with van der Waals surface area (Å²) >= 11 is 0. The van der Waals surface area contributed by atoms with E-state index in [9.17, 15) is 4.39 Å². The van der Waals surface area contributed by atoms with E-state index in [4.69, 9.17) is 0 Å². The van der Waals surface area contributed by atoms with E-state index in [-0.39, 0.29) is 0 Å². The zero-order chi connectivity index (χ0) is 13.2. The minimum atomic E-state index is -0.499. The zero-order valence-corrected chi connectivity index (χ0v) is 10.3. The summed E-state index contributed by atoms with van der Waals surface area (Å²) in [7, 11) is 0. The van der Waals surface area contributed by atoms with Gasteiger partial charge in [0.15, 0.2) is 5.65 Å². The van der Waals surface area contributed by atoms with Gasteiger partial charge in [0.2, 0.25) is 5.95 Å². The molecule has 0 unspecified atom stereocenters. The minimum Gasteiger partial charge on any atom is -0.366 e. The Morgan fingerprint density at radius 3 is 3.11 bits per heavy atom. The lowest BCUT2D eigenvalue weighted by Gasteiger charge is -2.05. The van der Waals surface area contributed by atoms with E-state index >= 15 is 0 Å². The number of aryl methyl sites for hydroxylation is 1. The molecule has 0 spiro atoms. The Balaban J connectivity index is 1.78. The third-order valence-corrected chi connectivity index (χ3v) is 2.68. The van der Waals surface area contributed by atoms with E-state index < -0.39 is 5.95 Å². The maximum absolute atomic E-state index is 12.9. The second-order valence-corrected chi connectivity index (χ2v) is 4.25. The summed E-state index contributed by atoms with van der Waals surface area (Å²) in [5.41, 5.74) is 2.68. The predicted molar refractivity (Wildman–Crippen MR) is 69.2 cm³/mol. The van der Waals surface area contributed by atoms with E-state index in [1.807, 2.05) is 19.2 Å². The average Bonchev–Trinajstić information content (AvgIpc) is 2.75. The highest BCUT2D eigenvalue weighted by molar-refractivity contribution is 5.40. The molecule has 6 heteroatoms. The van der Waals surface area contributed by atoms with Gasteiger partial charge in [-0.15, -0.1) is 0 Å². The highest BCUT2D eigenvalue weighted by Gasteiger charge is 2.01. The molecule has 0 saturated heterocycles. The van der Waals surface area contributed by atoms with Gasteiger partial charge in [-0.05, 0) is 19.1 Å². The van der Waals surface area contributed by atoms with Gasteiger partial charge in [0.25, 0.3) is 0 Å². The number of rotatable bonds is 3. The number of anilines is 1. The molecule has 1 N–H and O–H groups in total. The molecule has 0 aromatic carbocycles. The second-order valence-electron chi connectivity index (χ2n) is 4.25. The number of nitrogens with one attached hydrogen (secondary N) is 1. The molecule has 19 heavy (non-hydrogen) atoms. The van der Waals surface area contributed by atoms with E-state index in [0.29, 0.717) is 12.4 Å². The SMILES string of the molecule is Cc1cc2ncc(CNc3cccc(F)n3)cn2n1. The Labute approximate surface area is 109 Å². The van der Waals surface area contributed by atoms with Gasteiger partial charge < -0.3 is 5.32 Å². The van der Waals surface area contributed by atoms with Crippen molar-refractivity contribution in [2.45, 2.75) is 13.5 Å². The smallest absolute Gasteiger partial charge is 0.214 e. The fourth-order valence-electron chi connectivity index (χ4n) is 1.82. The van der Waals surface area contributed by atoms with E-state index in [1.165, 1.54) is 6.07 Å². The van der Waals surface area contributed by atoms with Gasteiger partial charge in [-0.1, -0.05) is 6.07 Å². The van der Waals surface area contributed by atoms with Crippen LogP contribution in [-0.2, 0) is 6.54 Å². The van der Waals surface area contributed by atoms with E-state index in [2.05, 4.69) is 20.4 Å². The molecule has 0 amide bonds. The standard InChI is InChI=1S/C13H12FN5/c1-9-5-13-16-7-10(8-19(13)18-9)6-15-12-4-2-3-11(14)17-12/h2-5,7-8H,6H2,1H3,(H,15,17). The third kappa shape index (κ3) is 2.52. The first kappa shape index (κ1) is 11.6. The minimum absolute atomic E-state index is 0.497. The van der Waals surface area contributed by atoms with Crippen molar-refractivity contribution >= 4 is 11.5 Å². The number of aromatic nitrogens is 4. The molecule has 96 valence electrons. The molecule has 5 nitrogen and oxygen atoms in total. The number of hydrogen-bond donors (Lipinski definition) is 1. The second kappa shape index (κ2) is 4.64. The normalized spacial score (nSPS) is 10.8. The number of hydrogen-bond acceptors (Lipinski definition) is 4. The largest absolute Gasteiger partial charge is 0.366 e. The summed E-state index contributed by atoms with van der Waals surface area (Å²) in [5, 5.41) is 7.33. The molecule has 0 atom stereocenters. The molecular weight excluding hydrogens is 245 g/mol. The first-order valence-electron chi connectivity index (χ1n) is 5.88. The first-order chi connectivity index (χ1) is 9.20. The molecule has 3 aromatic heterocycles. The van der Waals surface area contributed by atoms with Gasteiger partial charge in [0.05, 0.1) is 5.69 Å². The highest BCUT2D eigenvalue weighted by atomic mass is 19.1. The maximum atomic E-state index is 12.9. The van der Waals surface area contributed by atoms with Crippen LogP contribution in [0.15, 0.2) is 36.7 Å². The Morgan fingerprint density at radius 1 is 1.37 bits per heavy atom. The van der Waals surface area contributed by atoms with Crippen LogP contribution in [0.3, 0.4) is 0 Å². The molecule has 0 saturated carbocycles. The van der Waals surface area contributed by atoms with Gasteiger partial charge in [0.1, 0.15) is 5.82 Å². The molecule has 3 rings (SSSR count). The lowest BCUT2D eigenvalue weighted by molar-refractivity contribution is 0.585. The molecule has 0 aliphatic rings. The third-order valence-electron chi connectivity index (χ3n) is 2.68. The fourth-order valence-corrected chi connectivity index (χ4v) is 1.82. The summed E-state index contributed by atoms with van der Waals surface area (Å²) in [5.74, 6) is -0.00183. The van der Waals surface area contributed by atoms with Crippen molar-refractivity contribution in [3.05, 3.63) is 53.9 Å². The number of nitrogens with zero attached hydrogens (tertiary/aromatic N) is 4. The molecule has 0 fully saturated rings. The van der Waals surface area contributed by atoms with Crippen LogP contribution in [0, 0.1) is 12.9 Å². The Kier molecular flexibility index (Phi) is 2.83. The van der Waals surface area contributed by atoms with Gasteiger partial charge in [-0.25, -0.2) is 14.5 Å². The van der Waals surface area contributed by atoms with Crippen molar-refractivity contribution in [3.8, 4) is 0 Å². The molecular formula is C13H12FN5. The topological polar surface area (TPSA) is 55.1 Å². The predicted octanol–water partition coefficient (Wildman–Crippen LogP) is 2.18. The van der Waals surface area contributed by atoms with Crippen molar-refractivity contribution in [2.24, 2.45) is 0 Å². The fraction of sp³-hybridized carbons (Fsp3) is 0.154. The maximum Gasteiger partial charge on any atom is 0.214 e. The van der Waals surface area contributed by atoms with E-state index in [1.54, 1.807) is 22.8 Å². The zero-order valence-electron chi connectivity index (χ0n) is 10.3. The molecule has 3 heterocycles. The Bertz CT molecular complexity index is 722. The van der Waals surface area contributed by atoms with Crippen molar-refractivity contribution in [1.29, 1.82) is 0 Å². The molecule has 0 bridgehead atoms. The lowest BCUT2D eigenvalue weighted by Crippen LogP contribution is -2.04. The highest BCUT2D eigenvalue weighted by Crippen LogP contribution is 2.08. The molecule has 0 radical (unpaired) electrons. The molecule has 0 aliphatic heterocycles. The van der Waals surface area contributed by atoms with Gasteiger partial charge in [-0.2, -0.15) is 9.49 Å². The summed E-state index contributed by atoms with van der Waals surface area (Å²) in [4.78, 5) is 8.03. The number of fused-ring (bicyclic) bond motifs is 1. The molecule has 0 aliphatic carbocycles. The first-order valence-corrected chi connectivity index (χ1v) is 5.88. The van der Waals surface area contributed by atoms with Crippen LogP contribution < -0.4 is 5.32 Å². The van der Waals surface area contributed by atoms with Gasteiger partial charge >= 0.3 is 0 Å². The monoisotopic (exact) mass is 257 g/mol. The van der Waals surface area contributed by atoms with Crippen molar-refractivity contribution in [2.75, 3.05) is 5.32 Å². The number of pyridine rings is 1. The lowest BCUT2D eigenvalue weighted by atomic mass is 10.3. The van der Waals surface area contributed by atoms with Crippen LogP contribution in [0.2, 0.25) is 0 Å². The summed E-state index contributed by atoms with van der Waals surface area (Å²) in [6, 6.07) is 6.55. The van der Waals surface area contributed by atoms with Crippen molar-refractivity contribution in [1.82, 2.24) is 19.6 Å². The quantitative estimate of drug-likeness (QED) is 0.731. The number of halogens is 1. The summed E-state index contributed by atoms with van der Waals surface area (Å²) in [6.07, 6.45) is 3.66. The van der Waals surface area contributed by atoms with Crippen LogP contribution in [0.5, 0.6) is 0 Å². The average molecular weight is 257 g/mol. The van der Waals surface area contributed by atoms with Crippen molar-refractivity contribution in [3.63, 3.8) is 0 Å². The van der Waals surface area contributed by atoms with Crippen LogP contribution in [0.25, 0.3) is 5.65 Å². The van der Waals surface area contributed by atoms with E-state index in [0.717, 1.165) is 16.9 Å². The Hall–Kier alpha value is -2.50. The Morgan fingerprint density at radius 2 is 2.26 bits per heavy atom. The summed E-state index contributed by atoms with van der Waals surface area (Å²) in [6.45, 7) is 2.43. The summed E-state index contributed by atoms with van der Waals surface area (Å²) < 4.78 is 14.7.